The Balaban J connectivity index is 1.79. The predicted molar refractivity (Wildman–Crippen MR) is 109 cm³/mol. The first-order valence-electron chi connectivity index (χ1n) is 9.42. The van der Waals surface area contributed by atoms with Gasteiger partial charge in [0.05, 0.1) is 5.92 Å². The molecule has 2 aromatic rings. The van der Waals surface area contributed by atoms with Crippen molar-refractivity contribution in [2.75, 3.05) is 19.6 Å². The van der Waals surface area contributed by atoms with E-state index < -0.39 is 5.97 Å². The van der Waals surface area contributed by atoms with Crippen molar-refractivity contribution in [3.8, 4) is 0 Å². The van der Waals surface area contributed by atoms with Crippen LogP contribution in [0.4, 0.5) is 4.39 Å². The third kappa shape index (κ3) is 4.85. The molecule has 1 aliphatic rings. The fourth-order valence-electron chi connectivity index (χ4n) is 3.75. The van der Waals surface area contributed by atoms with E-state index in [2.05, 4.69) is 29.3 Å². The summed E-state index contributed by atoms with van der Waals surface area (Å²) in [5.74, 6) is -1.15. The number of thiophene rings is 1. The van der Waals surface area contributed by atoms with Crippen molar-refractivity contribution >= 4 is 22.9 Å². The second-order valence-electron chi connectivity index (χ2n) is 7.28. The summed E-state index contributed by atoms with van der Waals surface area (Å²) < 4.78 is 13.6. The predicted octanol–water partition coefficient (Wildman–Crippen LogP) is 5.12. The zero-order chi connectivity index (χ0) is 19.4. The SMILES string of the molecule is Cc1cc(F)ccc1/C(=C/CCN1CCCC(C(=O)O)C1)c1sccc1C. The van der Waals surface area contributed by atoms with Crippen LogP contribution in [0.3, 0.4) is 0 Å². The number of carboxylic acids is 1. The molecule has 3 nitrogen and oxygen atoms in total. The van der Waals surface area contributed by atoms with Crippen molar-refractivity contribution in [2.45, 2.75) is 33.1 Å². The molecule has 1 atom stereocenters. The maximum absolute atomic E-state index is 13.6. The lowest BCUT2D eigenvalue weighted by Crippen LogP contribution is -2.39. The van der Waals surface area contributed by atoms with Gasteiger partial charge < -0.3 is 10.0 Å². The minimum absolute atomic E-state index is 0.216. The van der Waals surface area contributed by atoms with Gasteiger partial charge in [0.25, 0.3) is 0 Å². The Kier molecular flexibility index (Phi) is 6.45. The van der Waals surface area contributed by atoms with E-state index in [1.165, 1.54) is 16.5 Å². The second kappa shape index (κ2) is 8.81. The van der Waals surface area contributed by atoms with E-state index in [9.17, 15) is 14.3 Å². The Hall–Kier alpha value is -1.98. The first-order chi connectivity index (χ1) is 13.0. The number of nitrogens with zero attached hydrogens (tertiary/aromatic N) is 1. The molecule has 144 valence electrons. The lowest BCUT2D eigenvalue weighted by atomic mass is 9.96. The summed E-state index contributed by atoms with van der Waals surface area (Å²) in [6.07, 6.45) is 4.78. The molecule has 1 N–H and O–H groups in total. The lowest BCUT2D eigenvalue weighted by Gasteiger charge is -2.30. The van der Waals surface area contributed by atoms with Crippen LogP contribution in [0.1, 0.15) is 40.8 Å². The van der Waals surface area contributed by atoms with Gasteiger partial charge in [-0.15, -0.1) is 11.3 Å². The standard InChI is InChI=1S/C22H26FNO2S/c1-15-9-12-27-21(15)20(19-8-7-18(23)13-16(19)2)6-4-11-24-10-3-5-17(14-24)22(25)26/h6-9,12-13,17H,3-5,10-11,14H2,1-2H3,(H,25,26)/b20-6-. The molecule has 1 unspecified atom stereocenters. The number of piperidine rings is 1. The minimum atomic E-state index is -0.688. The third-order valence-corrected chi connectivity index (χ3v) is 6.28. The van der Waals surface area contributed by atoms with Crippen molar-refractivity contribution < 1.29 is 14.3 Å². The first-order valence-corrected chi connectivity index (χ1v) is 10.3. The molecule has 2 heterocycles. The Morgan fingerprint density at radius 3 is 2.81 bits per heavy atom. The molecule has 1 saturated heterocycles. The van der Waals surface area contributed by atoms with Crippen molar-refractivity contribution in [2.24, 2.45) is 5.92 Å². The summed E-state index contributed by atoms with van der Waals surface area (Å²) in [5, 5.41) is 11.3. The number of aryl methyl sites for hydroxylation is 2. The van der Waals surface area contributed by atoms with Crippen LogP contribution >= 0.6 is 11.3 Å². The van der Waals surface area contributed by atoms with Crippen molar-refractivity contribution in [3.05, 3.63) is 63.1 Å². The molecule has 0 aliphatic carbocycles. The van der Waals surface area contributed by atoms with Gasteiger partial charge in [-0.1, -0.05) is 12.1 Å². The Labute approximate surface area is 164 Å². The van der Waals surface area contributed by atoms with Crippen LogP contribution in [0.25, 0.3) is 5.57 Å². The van der Waals surface area contributed by atoms with Crippen LogP contribution in [0.5, 0.6) is 0 Å². The molecular formula is C22H26FNO2S. The van der Waals surface area contributed by atoms with Crippen molar-refractivity contribution in [1.82, 2.24) is 4.90 Å². The summed E-state index contributed by atoms with van der Waals surface area (Å²) >= 11 is 1.70. The van der Waals surface area contributed by atoms with Crippen molar-refractivity contribution in [3.63, 3.8) is 0 Å². The quantitative estimate of drug-likeness (QED) is 0.748. The topological polar surface area (TPSA) is 40.5 Å². The highest BCUT2D eigenvalue weighted by atomic mass is 32.1. The Bertz CT molecular complexity index is 843. The fourth-order valence-corrected chi connectivity index (χ4v) is 4.74. The minimum Gasteiger partial charge on any atom is -0.481 e. The van der Waals surface area contributed by atoms with Crippen LogP contribution in [-0.4, -0.2) is 35.6 Å². The molecule has 0 amide bonds. The summed E-state index contributed by atoms with van der Waals surface area (Å²) in [6.45, 7) is 6.47. The number of hydrogen-bond donors (Lipinski definition) is 1. The highest BCUT2D eigenvalue weighted by Gasteiger charge is 2.24. The van der Waals surface area contributed by atoms with E-state index in [0.29, 0.717) is 6.54 Å². The lowest BCUT2D eigenvalue weighted by molar-refractivity contribution is -0.143. The molecule has 3 rings (SSSR count). The Morgan fingerprint density at radius 1 is 1.33 bits per heavy atom. The number of carbonyl (C=O) groups is 1. The van der Waals surface area contributed by atoms with Gasteiger partial charge in [0.15, 0.2) is 0 Å². The molecule has 1 aliphatic heterocycles. The molecule has 1 aromatic carbocycles. The van der Waals surface area contributed by atoms with Crippen LogP contribution in [-0.2, 0) is 4.79 Å². The van der Waals surface area contributed by atoms with Gasteiger partial charge in [-0.25, -0.2) is 4.39 Å². The highest BCUT2D eigenvalue weighted by molar-refractivity contribution is 7.11. The van der Waals surface area contributed by atoms with E-state index in [1.807, 2.05) is 13.0 Å². The van der Waals surface area contributed by atoms with Crippen molar-refractivity contribution in [1.29, 1.82) is 0 Å². The van der Waals surface area contributed by atoms with Crippen LogP contribution in [0, 0.1) is 25.6 Å². The number of carboxylic acid groups (broad SMARTS) is 1. The van der Waals surface area contributed by atoms with Crippen LogP contribution in [0.15, 0.2) is 35.7 Å². The van der Waals surface area contributed by atoms with Gasteiger partial charge in [0.1, 0.15) is 5.82 Å². The largest absolute Gasteiger partial charge is 0.481 e. The number of halogens is 1. The molecule has 0 saturated carbocycles. The van der Waals surface area contributed by atoms with Crippen LogP contribution in [0.2, 0.25) is 0 Å². The molecular weight excluding hydrogens is 361 g/mol. The average Bonchev–Trinajstić information content (AvgIpc) is 3.05. The first kappa shape index (κ1) is 19.8. The molecule has 0 bridgehead atoms. The smallest absolute Gasteiger partial charge is 0.307 e. The van der Waals surface area contributed by atoms with Gasteiger partial charge in [-0.2, -0.15) is 0 Å². The van der Waals surface area contributed by atoms with Crippen LogP contribution < -0.4 is 0 Å². The second-order valence-corrected chi connectivity index (χ2v) is 8.19. The van der Waals surface area contributed by atoms with E-state index in [4.69, 9.17) is 0 Å². The van der Waals surface area contributed by atoms with E-state index in [0.717, 1.165) is 49.1 Å². The Morgan fingerprint density at radius 2 is 2.15 bits per heavy atom. The number of benzene rings is 1. The summed E-state index contributed by atoms with van der Waals surface area (Å²) in [7, 11) is 0. The molecule has 0 radical (unpaired) electrons. The van der Waals surface area contributed by atoms with Gasteiger partial charge in [0.2, 0.25) is 0 Å². The van der Waals surface area contributed by atoms with Gasteiger partial charge >= 0.3 is 5.97 Å². The summed E-state index contributed by atoms with van der Waals surface area (Å²) in [4.78, 5) is 14.7. The molecule has 1 fully saturated rings. The number of rotatable bonds is 6. The molecule has 5 heteroatoms. The maximum atomic E-state index is 13.6. The normalized spacial score (nSPS) is 18.6. The molecule has 0 spiro atoms. The third-order valence-electron chi connectivity index (χ3n) is 5.23. The summed E-state index contributed by atoms with van der Waals surface area (Å²) in [6, 6.07) is 7.06. The van der Waals surface area contributed by atoms with Gasteiger partial charge in [-0.3, -0.25) is 4.79 Å². The monoisotopic (exact) mass is 387 g/mol. The average molecular weight is 388 g/mol. The van der Waals surface area contributed by atoms with E-state index in [-0.39, 0.29) is 11.7 Å². The molecule has 27 heavy (non-hydrogen) atoms. The zero-order valence-electron chi connectivity index (χ0n) is 15.9. The zero-order valence-corrected chi connectivity index (χ0v) is 16.7. The number of likely N-dealkylation sites (tertiary alicyclic amines) is 1. The maximum Gasteiger partial charge on any atom is 0.307 e. The van der Waals surface area contributed by atoms with E-state index >= 15 is 0 Å². The summed E-state index contributed by atoms with van der Waals surface area (Å²) in [5.41, 5.74) is 4.35. The van der Waals surface area contributed by atoms with Gasteiger partial charge in [-0.05, 0) is 85.5 Å². The van der Waals surface area contributed by atoms with Gasteiger partial charge in [0, 0.05) is 18.0 Å². The molecule has 1 aromatic heterocycles. The number of aliphatic carboxylic acids is 1. The van der Waals surface area contributed by atoms with E-state index in [1.54, 1.807) is 17.4 Å². The number of hydrogen-bond acceptors (Lipinski definition) is 3. The fraction of sp³-hybridized carbons (Fsp3) is 0.409. The highest BCUT2D eigenvalue weighted by Crippen LogP contribution is 2.33.